The van der Waals surface area contributed by atoms with Crippen molar-refractivity contribution in [1.82, 2.24) is 0 Å². The highest BCUT2D eigenvalue weighted by molar-refractivity contribution is 7.99. The van der Waals surface area contributed by atoms with Crippen molar-refractivity contribution >= 4 is 63.1 Å². The molecule has 0 amide bonds. The normalized spacial score (nSPS) is 14.6. The lowest BCUT2D eigenvalue weighted by atomic mass is 9.81. The highest BCUT2D eigenvalue weighted by Gasteiger charge is 2.36. The van der Waals surface area contributed by atoms with E-state index in [2.05, 4.69) is 218 Å². The Labute approximate surface area is 339 Å². The van der Waals surface area contributed by atoms with E-state index in [9.17, 15) is 0 Å². The molecule has 0 saturated carbocycles. The van der Waals surface area contributed by atoms with E-state index in [4.69, 9.17) is 0 Å². The average Bonchev–Trinajstić information content (AvgIpc) is 3.49. The molecule has 8 aromatic carbocycles. The van der Waals surface area contributed by atoms with Gasteiger partial charge in [-0.15, -0.1) is 0 Å². The summed E-state index contributed by atoms with van der Waals surface area (Å²) in [5.41, 5.74) is 17.7. The van der Waals surface area contributed by atoms with Gasteiger partial charge in [0.1, 0.15) is 0 Å². The Morgan fingerprint density at radius 1 is 0.509 bits per heavy atom. The van der Waals surface area contributed by atoms with Crippen LogP contribution in [0, 0.1) is 0 Å². The van der Waals surface area contributed by atoms with Crippen LogP contribution in [0.3, 0.4) is 0 Å². The Morgan fingerprint density at radius 3 is 1.88 bits per heavy atom. The van der Waals surface area contributed by atoms with Crippen molar-refractivity contribution in [3.05, 3.63) is 210 Å². The van der Waals surface area contributed by atoms with Gasteiger partial charge >= 0.3 is 0 Å². The molecule has 0 fully saturated rings. The molecule has 0 unspecified atom stereocenters. The van der Waals surface area contributed by atoms with E-state index in [1.165, 1.54) is 99.1 Å². The molecule has 0 saturated heterocycles. The van der Waals surface area contributed by atoms with Crippen molar-refractivity contribution in [3.63, 3.8) is 0 Å². The molecule has 0 atom stereocenters. The monoisotopic (exact) mass is 748 g/mol. The van der Waals surface area contributed by atoms with Gasteiger partial charge in [-0.2, -0.15) is 0 Å². The summed E-state index contributed by atoms with van der Waals surface area (Å²) in [4.78, 5) is 7.31. The summed E-state index contributed by atoms with van der Waals surface area (Å²) >= 11 is 1.85. The minimum absolute atomic E-state index is 0.108. The van der Waals surface area contributed by atoms with Gasteiger partial charge in [0.25, 0.3) is 0 Å². The van der Waals surface area contributed by atoms with Crippen LogP contribution in [-0.4, -0.2) is 0 Å². The first-order valence-corrected chi connectivity index (χ1v) is 20.6. The smallest absolute Gasteiger partial charge is 0.0601 e. The molecule has 2 nitrogen and oxygen atoms in total. The predicted octanol–water partition coefficient (Wildman–Crippen LogP) is 15.1. The van der Waals surface area contributed by atoms with Gasteiger partial charge in [0.05, 0.1) is 17.1 Å². The van der Waals surface area contributed by atoms with Crippen LogP contribution in [0.2, 0.25) is 0 Å². The van der Waals surface area contributed by atoms with Crippen LogP contribution in [0.5, 0.6) is 0 Å². The van der Waals surface area contributed by atoms with Crippen LogP contribution in [0.1, 0.15) is 41.7 Å². The van der Waals surface area contributed by atoms with Crippen LogP contribution in [0.15, 0.2) is 192 Å². The van der Waals surface area contributed by atoms with Crippen LogP contribution in [0.4, 0.5) is 28.4 Å². The number of hydrogen-bond donors (Lipinski definition) is 0. The fraction of sp³-hybridized carbons (Fsp3) is 0.0741. The third kappa shape index (κ3) is 5.56. The molecule has 3 aliphatic rings. The standard InChI is InChI=1S/C54H40N2S/c1-54(2)46-34-37(25-29-43(46)44-30-28-40(35-47(44)54)55-33-11-13-39-12-3-6-16-48(39)55)22-21-36-23-26-38(27-24-36)41-31-32-49(45-15-5-4-14-42(41)45)56-50-17-7-9-19-52(50)57-53-20-10-8-18-51(53)56/h3-12,14-35H,13H2,1-2H3. The zero-order valence-corrected chi connectivity index (χ0v) is 32.8. The van der Waals surface area contributed by atoms with Crippen LogP contribution < -0.4 is 9.80 Å². The highest BCUT2D eigenvalue weighted by atomic mass is 32.2. The number of para-hydroxylation sites is 3. The first-order valence-electron chi connectivity index (χ1n) is 19.8. The van der Waals surface area contributed by atoms with Crippen molar-refractivity contribution in [2.24, 2.45) is 0 Å². The highest BCUT2D eigenvalue weighted by Crippen LogP contribution is 2.53. The lowest BCUT2D eigenvalue weighted by Crippen LogP contribution is -2.17. The summed E-state index contributed by atoms with van der Waals surface area (Å²) in [7, 11) is 0. The maximum absolute atomic E-state index is 2.43. The van der Waals surface area contributed by atoms with Gasteiger partial charge in [0.15, 0.2) is 0 Å². The summed E-state index contributed by atoms with van der Waals surface area (Å²) in [6.45, 7) is 4.74. The molecule has 11 rings (SSSR count). The molecule has 57 heavy (non-hydrogen) atoms. The maximum Gasteiger partial charge on any atom is 0.0601 e. The van der Waals surface area contributed by atoms with Crippen molar-refractivity contribution in [1.29, 1.82) is 0 Å². The number of allylic oxidation sites excluding steroid dienone is 1. The number of benzene rings is 8. The summed E-state index contributed by atoms with van der Waals surface area (Å²) < 4.78 is 0. The quantitative estimate of drug-likeness (QED) is 0.162. The largest absolute Gasteiger partial charge is 0.317 e. The van der Waals surface area contributed by atoms with Crippen LogP contribution >= 0.6 is 11.8 Å². The Bertz CT molecular complexity index is 2910. The van der Waals surface area contributed by atoms with Gasteiger partial charge in [0.2, 0.25) is 0 Å². The zero-order chi connectivity index (χ0) is 38.1. The van der Waals surface area contributed by atoms with E-state index >= 15 is 0 Å². The molecule has 1 aliphatic carbocycles. The lowest BCUT2D eigenvalue weighted by Gasteiger charge is -2.33. The second-order valence-corrected chi connectivity index (χ2v) is 16.8. The molecular weight excluding hydrogens is 709 g/mol. The molecule has 272 valence electrons. The Balaban J connectivity index is 0.875. The molecule has 0 N–H and O–H groups in total. The van der Waals surface area contributed by atoms with Gasteiger partial charge in [0, 0.05) is 38.2 Å². The second kappa shape index (κ2) is 13.3. The van der Waals surface area contributed by atoms with Gasteiger partial charge < -0.3 is 9.80 Å². The third-order valence-electron chi connectivity index (χ3n) is 12.1. The molecule has 2 heterocycles. The van der Waals surface area contributed by atoms with Gasteiger partial charge in [-0.05, 0) is 110 Å². The molecule has 2 aliphatic heterocycles. The topological polar surface area (TPSA) is 6.48 Å². The number of nitrogens with zero attached hydrogens (tertiary/aromatic N) is 2. The Morgan fingerprint density at radius 2 is 1.11 bits per heavy atom. The lowest BCUT2D eigenvalue weighted by molar-refractivity contribution is 0.660. The van der Waals surface area contributed by atoms with Gasteiger partial charge in [-0.1, -0.05) is 165 Å². The van der Waals surface area contributed by atoms with Crippen molar-refractivity contribution in [2.75, 3.05) is 9.80 Å². The zero-order valence-electron chi connectivity index (χ0n) is 32.0. The summed E-state index contributed by atoms with van der Waals surface area (Å²) in [5.74, 6) is 0. The van der Waals surface area contributed by atoms with E-state index in [0.717, 1.165) is 6.42 Å². The Hall–Kier alpha value is -6.55. The molecular formula is C54H40N2S. The molecule has 0 radical (unpaired) electrons. The SMILES string of the molecule is CC1(C)c2cc(C=Cc3ccc(-c4ccc(N5c6ccccc6Sc6ccccc65)c5ccccc45)cc3)ccc2-c2ccc(N3C=CCc4ccccc43)cc21. The van der Waals surface area contributed by atoms with E-state index < -0.39 is 0 Å². The number of rotatable bonds is 5. The Kier molecular flexibility index (Phi) is 7.87. The average molecular weight is 749 g/mol. The van der Waals surface area contributed by atoms with E-state index in [0.29, 0.717) is 0 Å². The fourth-order valence-corrected chi connectivity index (χ4v) is 10.2. The second-order valence-electron chi connectivity index (χ2n) is 15.8. The van der Waals surface area contributed by atoms with E-state index in [1.807, 2.05) is 11.8 Å². The summed E-state index contributed by atoms with van der Waals surface area (Å²) in [6.07, 6.45) is 9.95. The first-order chi connectivity index (χ1) is 28.0. The number of anilines is 5. The molecule has 0 aromatic heterocycles. The number of fused-ring (bicyclic) bond motifs is 7. The first kappa shape index (κ1) is 33.8. The number of hydrogen-bond acceptors (Lipinski definition) is 3. The maximum atomic E-state index is 2.43. The van der Waals surface area contributed by atoms with Crippen LogP contribution in [-0.2, 0) is 11.8 Å². The van der Waals surface area contributed by atoms with Crippen molar-refractivity contribution in [3.8, 4) is 22.3 Å². The molecule has 0 bridgehead atoms. The summed E-state index contributed by atoms with van der Waals surface area (Å²) in [6, 6.07) is 62.6. The fourth-order valence-electron chi connectivity index (χ4n) is 9.17. The summed E-state index contributed by atoms with van der Waals surface area (Å²) in [5, 5.41) is 2.49. The predicted molar refractivity (Wildman–Crippen MR) is 243 cm³/mol. The van der Waals surface area contributed by atoms with Crippen molar-refractivity contribution in [2.45, 2.75) is 35.5 Å². The van der Waals surface area contributed by atoms with Gasteiger partial charge in [-0.3, -0.25) is 0 Å². The van der Waals surface area contributed by atoms with E-state index in [-0.39, 0.29) is 5.41 Å². The third-order valence-corrected chi connectivity index (χ3v) is 13.2. The molecule has 3 heteroatoms. The van der Waals surface area contributed by atoms with E-state index in [1.54, 1.807) is 0 Å². The molecule has 8 aromatic rings. The van der Waals surface area contributed by atoms with Crippen LogP contribution in [0.25, 0.3) is 45.2 Å². The van der Waals surface area contributed by atoms with Crippen molar-refractivity contribution < 1.29 is 0 Å². The molecule has 0 spiro atoms. The minimum atomic E-state index is -0.108. The van der Waals surface area contributed by atoms with Gasteiger partial charge in [-0.25, -0.2) is 0 Å². The minimum Gasteiger partial charge on any atom is -0.317 e.